The van der Waals surface area contributed by atoms with Gasteiger partial charge in [-0.2, -0.15) is 0 Å². The molecule has 2 aromatic heterocycles. The Morgan fingerprint density at radius 1 is 1.54 bits per heavy atom. The van der Waals surface area contributed by atoms with Crippen LogP contribution in [0.15, 0.2) is 30.6 Å². The first-order chi connectivity index (χ1) is 6.33. The Hall–Kier alpha value is -1.35. The van der Waals surface area contributed by atoms with Crippen LogP contribution in [-0.2, 0) is 0 Å². The lowest BCUT2D eigenvalue weighted by Gasteiger charge is -1.96. The van der Waals surface area contributed by atoms with Gasteiger partial charge in [-0.15, -0.1) is 11.6 Å². The number of fused-ring (bicyclic) bond motifs is 1. The van der Waals surface area contributed by atoms with Crippen LogP contribution in [0.2, 0.25) is 0 Å². The van der Waals surface area contributed by atoms with Gasteiger partial charge in [0.05, 0.1) is 17.6 Å². The van der Waals surface area contributed by atoms with Gasteiger partial charge in [0, 0.05) is 6.20 Å². The van der Waals surface area contributed by atoms with Crippen LogP contribution in [0.4, 0.5) is 0 Å². The molecule has 0 aliphatic rings. The Morgan fingerprint density at radius 2 is 2.38 bits per heavy atom. The molecule has 4 heteroatoms. The predicted molar refractivity (Wildman–Crippen MR) is 50.2 cm³/mol. The van der Waals surface area contributed by atoms with E-state index in [9.17, 15) is 4.79 Å². The zero-order valence-corrected chi connectivity index (χ0v) is 7.53. The molecule has 66 valence electrons. The summed E-state index contributed by atoms with van der Waals surface area (Å²) in [6.07, 6.45) is 3.45. The average Bonchev–Trinajstić information content (AvgIpc) is 2.60. The van der Waals surface area contributed by atoms with E-state index in [0.29, 0.717) is 5.82 Å². The van der Waals surface area contributed by atoms with Crippen molar-refractivity contribution in [2.75, 3.05) is 5.88 Å². The molecule has 2 heterocycles. The molecule has 0 amide bonds. The van der Waals surface area contributed by atoms with E-state index < -0.39 is 0 Å². The largest absolute Gasteiger partial charge is 0.297 e. The molecular formula is C9H7ClN2O. The van der Waals surface area contributed by atoms with Crippen molar-refractivity contribution in [1.82, 2.24) is 9.38 Å². The summed E-state index contributed by atoms with van der Waals surface area (Å²) in [7, 11) is 0. The number of halogens is 1. The number of alkyl halides is 1. The summed E-state index contributed by atoms with van der Waals surface area (Å²) in [4.78, 5) is 15.3. The van der Waals surface area contributed by atoms with Gasteiger partial charge in [-0.1, -0.05) is 6.07 Å². The fourth-order valence-electron chi connectivity index (χ4n) is 1.21. The monoisotopic (exact) mass is 194 g/mol. The summed E-state index contributed by atoms with van der Waals surface area (Å²) < 4.78 is 1.73. The van der Waals surface area contributed by atoms with Crippen molar-refractivity contribution in [3.05, 3.63) is 36.4 Å². The predicted octanol–water partition coefficient (Wildman–Crippen LogP) is 1.76. The summed E-state index contributed by atoms with van der Waals surface area (Å²) in [6, 6.07) is 5.63. The minimum Gasteiger partial charge on any atom is -0.297 e. The van der Waals surface area contributed by atoms with E-state index >= 15 is 0 Å². The number of pyridine rings is 1. The number of nitrogens with zero attached hydrogens (tertiary/aromatic N) is 2. The van der Waals surface area contributed by atoms with E-state index in [2.05, 4.69) is 4.98 Å². The quantitative estimate of drug-likeness (QED) is 0.539. The number of carbonyl (C=O) groups excluding carboxylic acids is 1. The topological polar surface area (TPSA) is 34.4 Å². The smallest absolute Gasteiger partial charge is 0.213 e. The molecule has 0 radical (unpaired) electrons. The van der Waals surface area contributed by atoms with Gasteiger partial charge in [0.2, 0.25) is 5.78 Å². The molecule has 2 aromatic rings. The van der Waals surface area contributed by atoms with Gasteiger partial charge in [0.1, 0.15) is 0 Å². The molecule has 0 aliphatic carbocycles. The second-order valence-electron chi connectivity index (χ2n) is 2.63. The van der Waals surface area contributed by atoms with Gasteiger partial charge in [0.25, 0.3) is 0 Å². The summed E-state index contributed by atoms with van der Waals surface area (Å²) >= 11 is 5.44. The van der Waals surface area contributed by atoms with E-state index in [-0.39, 0.29) is 11.7 Å². The molecule has 0 saturated heterocycles. The third-order valence-corrected chi connectivity index (χ3v) is 2.05. The molecule has 0 fully saturated rings. The van der Waals surface area contributed by atoms with Crippen molar-refractivity contribution >= 4 is 22.9 Å². The maximum Gasteiger partial charge on any atom is 0.213 e. The summed E-state index contributed by atoms with van der Waals surface area (Å²) in [5.74, 6) is 0.201. The van der Waals surface area contributed by atoms with E-state index in [4.69, 9.17) is 11.6 Å². The molecular weight excluding hydrogens is 188 g/mol. The highest BCUT2D eigenvalue weighted by molar-refractivity contribution is 6.30. The lowest BCUT2D eigenvalue weighted by atomic mass is 10.4. The first-order valence-electron chi connectivity index (χ1n) is 3.84. The summed E-state index contributed by atoms with van der Waals surface area (Å²) in [5, 5.41) is 0. The fourth-order valence-corrected chi connectivity index (χ4v) is 1.33. The Kier molecular flexibility index (Phi) is 2.02. The number of Topliss-reactive ketones (excluding diaryl/α,β-unsaturated/α-hetero) is 1. The first kappa shape index (κ1) is 8.26. The number of imidazole rings is 1. The second-order valence-corrected chi connectivity index (χ2v) is 2.90. The van der Waals surface area contributed by atoms with Gasteiger partial charge in [0.15, 0.2) is 5.82 Å². The molecule has 3 nitrogen and oxygen atoms in total. The minimum atomic E-state index is -0.159. The summed E-state index contributed by atoms with van der Waals surface area (Å²) in [5.41, 5.74) is 0.899. The van der Waals surface area contributed by atoms with E-state index in [0.717, 1.165) is 5.52 Å². The first-order valence-corrected chi connectivity index (χ1v) is 4.37. The molecule has 13 heavy (non-hydrogen) atoms. The van der Waals surface area contributed by atoms with Gasteiger partial charge < -0.3 is 0 Å². The molecule has 0 unspecified atom stereocenters. The molecule has 0 spiro atoms. The van der Waals surface area contributed by atoms with Crippen LogP contribution in [0.1, 0.15) is 10.6 Å². The number of hydrogen-bond donors (Lipinski definition) is 0. The maximum atomic E-state index is 11.3. The second kappa shape index (κ2) is 3.18. The van der Waals surface area contributed by atoms with E-state index in [1.807, 2.05) is 18.2 Å². The van der Waals surface area contributed by atoms with Crippen LogP contribution in [0.5, 0.6) is 0 Å². The molecule has 0 N–H and O–H groups in total. The average molecular weight is 195 g/mol. The van der Waals surface area contributed by atoms with Crippen molar-refractivity contribution in [3.63, 3.8) is 0 Å². The molecule has 0 saturated carbocycles. The highest BCUT2D eigenvalue weighted by Gasteiger charge is 2.10. The minimum absolute atomic E-state index is 0.0337. The lowest BCUT2D eigenvalue weighted by Crippen LogP contribution is -2.05. The van der Waals surface area contributed by atoms with Crippen LogP contribution < -0.4 is 0 Å². The zero-order valence-electron chi connectivity index (χ0n) is 6.77. The van der Waals surface area contributed by atoms with Gasteiger partial charge in [-0.3, -0.25) is 9.20 Å². The van der Waals surface area contributed by atoms with Crippen LogP contribution in [-0.4, -0.2) is 21.0 Å². The normalized spacial score (nSPS) is 10.5. The third-order valence-electron chi connectivity index (χ3n) is 1.81. The maximum absolute atomic E-state index is 11.3. The van der Waals surface area contributed by atoms with Crippen molar-refractivity contribution in [1.29, 1.82) is 0 Å². The third kappa shape index (κ3) is 1.31. The SMILES string of the molecule is O=C(CCl)c1ncc2ccccn12. The van der Waals surface area contributed by atoms with Crippen molar-refractivity contribution in [2.45, 2.75) is 0 Å². The number of rotatable bonds is 2. The van der Waals surface area contributed by atoms with Crippen molar-refractivity contribution in [2.24, 2.45) is 0 Å². The lowest BCUT2D eigenvalue weighted by molar-refractivity contribution is 0.101. The van der Waals surface area contributed by atoms with Crippen LogP contribution in [0.3, 0.4) is 0 Å². The number of aromatic nitrogens is 2. The Morgan fingerprint density at radius 3 is 3.15 bits per heavy atom. The molecule has 0 atom stereocenters. The van der Waals surface area contributed by atoms with Crippen LogP contribution >= 0.6 is 11.6 Å². The van der Waals surface area contributed by atoms with Gasteiger partial charge in [-0.05, 0) is 12.1 Å². The van der Waals surface area contributed by atoms with Crippen LogP contribution in [0.25, 0.3) is 5.52 Å². The van der Waals surface area contributed by atoms with E-state index in [1.54, 1.807) is 16.8 Å². The standard InChI is InChI=1S/C9H7ClN2O/c10-5-8(13)9-11-6-7-3-1-2-4-12(7)9/h1-4,6H,5H2. The highest BCUT2D eigenvalue weighted by Crippen LogP contribution is 2.06. The van der Waals surface area contributed by atoms with Gasteiger partial charge >= 0.3 is 0 Å². The summed E-state index contributed by atoms with van der Waals surface area (Å²) in [6.45, 7) is 0. The van der Waals surface area contributed by atoms with Crippen molar-refractivity contribution < 1.29 is 4.79 Å². The Balaban J connectivity index is 2.64. The van der Waals surface area contributed by atoms with Gasteiger partial charge in [-0.25, -0.2) is 4.98 Å². The fraction of sp³-hybridized carbons (Fsp3) is 0.111. The van der Waals surface area contributed by atoms with Crippen molar-refractivity contribution in [3.8, 4) is 0 Å². The number of carbonyl (C=O) groups is 1. The Labute approximate surface area is 80.0 Å². The van der Waals surface area contributed by atoms with E-state index in [1.165, 1.54) is 0 Å². The number of hydrogen-bond acceptors (Lipinski definition) is 2. The molecule has 2 rings (SSSR count). The Bertz CT molecular complexity index is 450. The highest BCUT2D eigenvalue weighted by atomic mass is 35.5. The molecule has 0 aromatic carbocycles. The zero-order chi connectivity index (χ0) is 9.26. The number of ketones is 1. The van der Waals surface area contributed by atoms with Crippen LogP contribution in [0, 0.1) is 0 Å². The molecule has 0 bridgehead atoms. The molecule has 0 aliphatic heterocycles.